The van der Waals surface area contributed by atoms with E-state index in [0.717, 1.165) is 6.54 Å². The predicted octanol–water partition coefficient (Wildman–Crippen LogP) is 0.103. The number of rotatable bonds is 3. The van der Waals surface area contributed by atoms with Gasteiger partial charge >= 0.3 is 0 Å². The van der Waals surface area contributed by atoms with Gasteiger partial charge in [-0.05, 0) is 34.9 Å². The maximum absolute atomic E-state index is 11.7. The van der Waals surface area contributed by atoms with Crippen LogP contribution in [0.25, 0.3) is 0 Å². The van der Waals surface area contributed by atoms with Gasteiger partial charge in [-0.3, -0.25) is 10.1 Å². The van der Waals surface area contributed by atoms with E-state index >= 15 is 0 Å². The van der Waals surface area contributed by atoms with Gasteiger partial charge in [0.05, 0.1) is 12.2 Å². The molecular formula is C10H21N3O. The fourth-order valence-electron chi connectivity index (χ4n) is 1.66. The molecule has 0 aromatic carbocycles. The molecule has 1 saturated heterocycles. The molecular weight excluding hydrogens is 178 g/mol. The normalized spacial score (nSPS) is 30.1. The van der Waals surface area contributed by atoms with E-state index in [1.165, 1.54) is 0 Å². The summed E-state index contributed by atoms with van der Waals surface area (Å²) in [6.07, 6.45) is 0.167. The van der Waals surface area contributed by atoms with Gasteiger partial charge in [0.15, 0.2) is 0 Å². The topological polar surface area (TPSA) is 35.6 Å². The van der Waals surface area contributed by atoms with Crippen LogP contribution in [-0.4, -0.2) is 54.6 Å². The number of hydrogen-bond acceptors (Lipinski definition) is 3. The molecule has 0 spiro atoms. The van der Waals surface area contributed by atoms with Gasteiger partial charge in [0.25, 0.3) is 0 Å². The Hall–Kier alpha value is -0.610. The maximum atomic E-state index is 11.7. The highest BCUT2D eigenvalue weighted by atomic mass is 16.2. The highest BCUT2D eigenvalue weighted by Crippen LogP contribution is 2.11. The molecule has 1 aliphatic rings. The summed E-state index contributed by atoms with van der Waals surface area (Å²) in [5.74, 6) is 0.214. The lowest BCUT2D eigenvalue weighted by molar-refractivity contribution is -0.130. The maximum Gasteiger partial charge on any atom is 0.240 e. The summed E-state index contributed by atoms with van der Waals surface area (Å²) >= 11 is 0. The third kappa shape index (κ3) is 2.25. The van der Waals surface area contributed by atoms with Crippen molar-refractivity contribution in [3.05, 3.63) is 0 Å². The van der Waals surface area contributed by atoms with Gasteiger partial charge in [0, 0.05) is 12.6 Å². The minimum absolute atomic E-state index is 0.0284. The summed E-state index contributed by atoms with van der Waals surface area (Å²) in [5.41, 5.74) is 0. The minimum Gasteiger partial charge on any atom is -0.325 e. The van der Waals surface area contributed by atoms with Crippen molar-refractivity contribution in [2.45, 2.75) is 39.0 Å². The zero-order valence-corrected chi connectivity index (χ0v) is 9.74. The fourth-order valence-corrected chi connectivity index (χ4v) is 1.66. The molecule has 4 heteroatoms. The van der Waals surface area contributed by atoms with E-state index in [9.17, 15) is 4.79 Å². The van der Waals surface area contributed by atoms with Crippen LogP contribution in [0.2, 0.25) is 0 Å². The smallest absolute Gasteiger partial charge is 0.240 e. The second-order valence-corrected chi connectivity index (χ2v) is 4.37. The van der Waals surface area contributed by atoms with Crippen LogP contribution in [0.4, 0.5) is 0 Å². The van der Waals surface area contributed by atoms with Gasteiger partial charge < -0.3 is 9.80 Å². The number of nitrogens with one attached hydrogen (secondary N) is 1. The van der Waals surface area contributed by atoms with Gasteiger partial charge in [0.2, 0.25) is 5.91 Å². The Kier molecular flexibility index (Phi) is 3.50. The molecule has 0 aromatic heterocycles. The van der Waals surface area contributed by atoms with E-state index in [2.05, 4.69) is 17.1 Å². The van der Waals surface area contributed by atoms with Crippen LogP contribution in [-0.2, 0) is 4.79 Å². The zero-order valence-electron chi connectivity index (χ0n) is 9.74. The monoisotopic (exact) mass is 199 g/mol. The van der Waals surface area contributed by atoms with Gasteiger partial charge in [0.1, 0.15) is 0 Å². The zero-order chi connectivity index (χ0) is 10.9. The molecule has 1 N–H and O–H groups in total. The Morgan fingerprint density at radius 1 is 1.50 bits per heavy atom. The SMILES string of the molecule is CC1NC(C)N(CC(C)N(C)C)C1=O. The van der Waals surface area contributed by atoms with E-state index < -0.39 is 0 Å². The van der Waals surface area contributed by atoms with E-state index in [1.54, 1.807) is 0 Å². The summed E-state index contributed by atoms with van der Waals surface area (Å²) in [6, 6.07) is 0.368. The number of amides is 1. The molecule has 0 bridgehead atoms. The summed E-state index contributed by atoms with van der Waals surface area (Å²) in [4.78, 5) is 15.8. The lowest BCUT2D eigenvalue weighted by atomic mass is 10.2. The van der Waals surface area contributed by atoms with Crippen molar-refractivity contribution < 1.29 is 4.79 Å². The molecule has 0 saturated carbocycles. The summed E-state index contributed by atoms with van der Waals surface area (Å²) in [6.45, 7) is 6.87. The Balaban J connectivity index is 2.56. The first-order chi connectivity index (χ1) is 6.43. The minimum atomic E-state index is -0.0284. The third-order valence-electron chi connectivity index (χ3n) is 2.95. The van der Waals surface area contributed by atoms with Gasteiger partial charge in [-0.25, -0.2) is 0 Å². The first-order valence-electron chi connectivity index (χ1n) is 5.16. The van der Waals surface area contributed by atoms with Crippen molar-refractivity contribution >= 4 is 5.91 Å². The molecule has 1 rings (SSSR count). The Morgan fingerprint density at radius 2 is 2.07 bits per heavy atom. The van der Waals surface area contributed by atoms with Crippen LogP contribution in [0.3, 0.4) is 0 Å². The molecule has 3 unspecified atom stereocenters. The van der Waals surface area contributed by atoms with Crippen LogP contribution in [0.1, 0.15) is 20.8 Å². The largest absolute Gasteiger partial charge is 0.325 e. The molecule has 1 aliphatic heterocycles. The molecule has 3 atom stereocenters. The molecule has 4 nitrogen and oxygen atoms in total. The lowest BCUT2D eigenvalue weighted by Gasteiger charge is -2.28. The van der Waals surface area contributed by atoms with Crippen LogP contribution < -0.4 is 5.32 Å². The average Bonchev–Trinajstić information content (AvgIpc) is 2.32. The first kappa shape index (κ1) is 11.5. The van der Waals surface area contributed by atoms with Crippen LogP contribution in [0.5, 0.6) is 0 Å². The van der Waals surface area contributed by atoms with Crippen LogP contribution >= 0.6 is 0 Å². The van der Waals surface area contributed by atoms with E-state index in [-0.39, 0.29) is 18.1 Å². The van der Waals surface area contributed by atoms with Crippen molar-refractivity contribution in [3.8, 4) is 0 Å². The van der Waals surface area contributed by atoms with E-state index in [1.807, 2.05) is 32.8 Å². The molecule has 1 amide bonds. The Bertz CT molecular complexity index is 217. The number of hydrogen-bond donors (Lipinski definition) is 1. The van der Waals surface area contributed by atoms with E-state index in [4.69, 9.17) is 0 Å². The third-order valence-corrected chi connectivity index (χ3v) is 2.95. The van der Waals surface area contributed by atoms with Crippen molar-refractivity contribution in [2.75, 3.05) is 20.6 Å². The number of nitrogens with zero attached hydrogens (tertiary/aromatic N) is 2. The highest BCUT2D eigenvalue weighted by molar-refractivity contribution is 5.83. The Morgan fingerprint density at radius 3 is 2.43 bits per heavy atom. The highest BCUT2D eigenvalue weighted by Gasteiger charge is 2.33. The second kappa shape index (κ2) is 4.28. The molecule has 0 aliphatic carbocycles. The Labute approximate surface area is 86.2 Å². The first-order valence-corrected chi connectivity index (χ1v) is 5.16. The summed E-state index contributed by atoms with van der Waals surface area (Å²) in [7, 11) is 4.07. The molecule has 1 heterocycles. The number of carbonyl (C=O) groups is 1. The van der Waals surface area contributed by atoms with Gasteiger partial charge in [-0.2, -0.15) is 0 Å². The molecule has 1 fully saturated rings. The predicted molar refractivity (Wildman–Crippen MR) is 56.9 cm³/mol. The molecule has 0 radical (unpaired) electrons. The standard InChI is InChI=1S/C10H21N3O/c1-7(12(4)5)6-13-9(3)11-8(2)10(13)14/h7-9,11H,6H2,1-5H3. The summed E-state index contributed by atoms with van der Waals surface area (Å²) < 4.78 is 0. The fraction of sp³-hybridized carbons (Fsp3) is 0.900. The van der Waals surface area contributed by atoms with Crippen LogP contribution in [0, 0.1) is 0 Å². The lowest BCUT2D eigenvalue weighted by Crippen LogP contribution is -2.43. The average molecular weight is 199 g/mol. The van der Waals surface area contributed by atoms with Crippen molar-refractivity contribution in [2.24, 2.45) is 0 Å². The van der Waals surface area contributed by atoms with Gasteiger partial charge in [-0.1, -0.05) is 0 Å². The summed E-state index contributed by atoms with van der Waals surface area (Å²) in [5, 5.41) is 3.22. The van der Waals surface area contributed by atoms with Crippen molar-refractivity contribution in [1.29, 1.82) is 0 Å². The number of carbonyl (C=O) groups excluding carboxylic acids is 1. The number of likely N-dealkylation sites (N-methyl/N-ethyl adjacent to an activating group) is 1. The molecule has 0 aromatic rings. The van der Waals surface area contributed by atoms with Crippen molar-refractivity contribution in [1.82, 2.24) is 15.1 Å². The molecule has 82 valence electrons. The van der Waals surface area contributed by atoms with Crippen molar-refractivity contribution in [3.63, 3.8) is 0 Å². The second-order valence-electron chi connectivity index (χ2n) is 4.37. The van der Waals surface area contributed by atoms with Crippen LogP contribution in [0.15, 0.2) is 0 Å². The molecule has 14 heavy (non-hydrogen) atoms. The van der Waals surface area contributed by atoms with E-state index in [0.29, 0.717) is 6.04 Å². The quantitative estimate of drug-likeness (QED) is 0.700. The van der Waals surface area contributed by atoms with Gasteiger partial charge in [-0.15, -0.1) is 0 Å².